The van der Waals surface area contributed by atoms with Gasteiger partial charge in [0.25, 0.3) is 0 Å². The van der Waals surface area contributed by atoms with Crippen molar-refractivity contribution < 1.29 is 22.7 Å². The number of carbonyl (C=O) groups is 1. The van der Waals surface area contributed by atoms with Crippen LogP contribution < -0.4 is 5.32 Å². The Morgan fingerprint density at radius 3 is 2.81 bits per heavy atom. The summed E-state index contributed by atoms with van der Waals surface area (Å²) in [6.07, 6.45) is -3.59. The minimum atomic E-state index is -4.36. The second-order valence-corrected chi connectivity index (χ2v) is 3.83. The van der Waals surface area contributed by atoms with E-state index in [1.807, 2.05) is 5.32 Å². The van der Waals surface area contributed by atoms with Gasteiger partial charge >= 0.3 is 12.2 Å². The fourth-order valence-corrected chi connectivity index (χ4v) is 1.68. The molecule has 1 aliphatic rings. The summed E-state index contributed by atoms with van der Waals surface area (Å²) < 4.78 is 40.5. The zero-order valence-corrected chi connectivity index (χ0v) is 9.01. The summed E-state index contributed by atoms with van der Waals surface area (Å²) in [5, 5.41) is 1.85. The summed E-state index contributed by atoms with van der Waals surface area (Å²) in [5.74, 6) is 0.224. The van der Waals surface area contributed by atoms with Crippen LogP contribution >= 0.6 is 0 Å². The zero-order chi connectivity index (χ0) is 12.2. The second kappa shape index (κ2) is 5.38. The van der Waals surface area contributed by atoms with Crippen LogP contribution in [0.4, 0.5) is 18.0 Å². The number of amides is 2. The number of hydrogen-bond donors (Lipinski definition) is 1. The highest BCUT2D eigenvalue weighted by Gasteiger charge is 2.31. The topological polar surface area (TPSA) is 41.6 Å². The van der Waals surface area contributed by atoms with Crippen LogP contribution in [0, 0.1) is 5.92 Å². The van der Waals surface area contributed by atoms with Crippen LogP contribution in [0.3, 0.4) is 0 Å². The molecule has 4 nitrogen and oxygen atoms in total. The lowest BCUT2D eigenvalue weighted by Crippen LogP contribution is -2.42. The molecule has 1 rings (SSSR count). The van der Waals surface area contributed by atoms with Crippen LogP contribution in [0.15, 0.2) is 0 Å². The maximum absolute atomic E-state index is 11.8. The Kier molecular flexibility index (Phi) is 4.40. The maximum atomic E-state index is 11.8. The van der Waals surface area contributed by atoms with E-state index in [-0.39, 0.29) is 5.92 Å². The van der Waals surface area contributed by atoms with Crippen LogP contribution in [-0.4, -0.2) is 50.5 Å². The van der Waals surface area contributed by atoms with Crippen molar-refractivity contribution in [3.8, 4) is 0 Å². The molecule has 0 aromatic carbocycles. The molecule has 1 fully saturated rings. The maximum Gasteiger partial charge on any atom is 0.405 e. The molecule has 2 amide bonds. The highest BCUT2D eigenvalue weighted by atomic mass is 19.4. The molecule has 1 aliphatic heterocycles. The highest BCUT2D eigenvalue weighted by molar-refractivity contribution is 5.74. The van der Waals surface area contributed by atoms with Crippen LogP contribution in [0.5, 0.6) is 0 Å². The van der Waals surface area contributed by atoms with Crippen LogP contribution in [0.2, 0.25) is 0 Å². The average Bonchev–Trinajstić information content (AvgIpc) is 2.62. The summed E-state index contributed by atoms with van der Waals surface area (Å²) in [6.45, 7) is 0.190. The van der Waals surface area contributed by atoms with E-state index in [1.165, 1.54) is 4.90 Å². The minimum absolute atomic E-state index is 0.224. The third-order valence-electron chi connectivity index (χ3n) is 2.42. The lowest BCUT2D eigenvalue weighted by Gasteiger charge is -2.18. The Labute approximate surface area is 91.7 Å². The first-order chi connectivity index (χ1) is 7.42. The molecule has 0 spiro atoms. The molecule has 0 aromatic heterocycles. The molecule has 1 heterocycles. The number of hydrogen-bond acceptors (Lipinski definition) is 2. The zero-order valence-electron chi connectivity index (χ0n) is 9.01. The summed E-state index contributed by atoms with van der Waals surface area (Å²) in [5.41, 5.74) is 0. The normalized spacial score (nSPS) is 21.2. The summed E-state index contributed by atoms with van der Waals surface area (Å²) in [4.78, 5) is 12.7. The fourth-order valence-electron chi connectivity index (χ4n) is 1.68. The molecular formula is C9H15F3N2O2. The number of halogens is 3. The van der Waals surface area contributed by atoms with Crippen molar-refractivity contribution in [3.63, 3.8) is 0 Å². The third kappa shape index (κ3) is 4.26. The molecule has 0 aromatic rings. The molecule has 1 unspecified atom stereocenters. The fraction of sp³-hybridized carbons (Fsp3) is 0.889. The predicted molar refractivity (Wildman–Crippen MR) is 51.0 cm³/mol. The average molecular weight is 240 g/mol. The van der Waals surface area contributed by atoms with Crippen molar-refractivity contribution in [1.82, 2.24) is 10.2 Å². The standard InChI is InChI=1S/C9H15F3N2O2/c1-16-5-7-2-3-14(4-7)8(15)13-6-9(10,11)12/h7H,2-6H2,1H3,(H,13,15). The Morgan fingerprint density at radius 2 is 2.25 bits per heavy atom. The first-order valence-electron chi connectivity index (χ1n) is 5.01. The Balaban J connectivity index is 2.28. The number of carbonyl (C=O) groups excluding carboxylic acids is 1. The minimum Gasteiger partial charge on any atom is -0.384 e. The van der Waals surface area contributed by atoms with Gasteiger partial charge in [-0.25, -0.2) is 4.79 Å². The highest BCUT2D eigenvalue weighted by Crippen LogP contribution is 2.17. The first kappa shape index (κ1) is 13.1. The number of nitrogens with one attached hydrogen (secondary N) is 1. The van der Waals surface area contributed by atoms with Crippen molar-refractivity contribution >= 4 is 6.03 Å². The molecule has 1 atom stereocenters. The lowest BCUT2D eigenvalue weighted by atomic mass is 10.1. The number of rotatable bonds is 3. The van der Waals surface area contributed by atoms with E-state index in [1.54, 1.807) is 7.11 Å². The molecular weight excluding hydrogens is 225 g/mol. The number of likely N-dealkylation sites (tertiary alicyclic amines) is 1. The summed E-state index contributed by atoms with van der Waals surface area (Å²) in [7, 11) is 1.56. The van der Waals surface area contributed by atoms with Gasteiger partial charge in [0.2, 0.25) is 0 Å². The summed E-state index contributed by atoms with van der Waals surface area (Å²) in [6, 6.07) is -0.657. The predicted octanol–water partition coefficient (Wildman–Crippen LogP) is 1.23. The smallest absolute Gasteiger partial charge is 0.384 e. The van der Waals surface area contributed by atoms with E-state index < -0.39 is 18.8 Å². The first-order valence-corrected chi connectivity index (χ1v) is 5.01. The van der Waals surface area contributed by atoms with Crippen LogP contribution in [0.1, 0.15) is 6.42 Å². The Morgan fingerprint density at radius 1 is 1.56 bits per heavy atom. The van der Waals surface area contributed by atoms with Gasteiger partial charge in [-0.1, -0.05) is 0 Å². The molecule has 1 saturated heterocycles. The van der Waals surface area contributed by atoms with Crippen molar-refractivity contribution in [1.29, 1.82) is 0 Å². The molecule has 0 aliphatic carbocycles. The molecule has 0 bridgehead atoms. The van der Waals surface area contributed by atoms with Gasteiger partial charge in [-0.15, -0.1) is 0 Å². The van der Waals surface area contributed by atoms with Crippen molar-refractivity contribution in [3.05, 3.63) is 0 Å². The molecule has 7 heteroatoms. The Bertz CT molecular complexity index is 245. The van der Waals surface area contributed by atoms with E-state index in [0.29, 0.717) is 19.7 Å². The van der Waals surface area contributed by atoms with Gasteiger partial charge in [0.15, 0.2) is 0 Å². The van der Waals surface area contributed by atoms with Crippen LogP contribution in [0.25, 0.3) is 0 Å². The number of alkyl halides is 3. The van der Waals surface area contributed by atoms with E-state index in [0.717, 1.165) is 6.42 Å². The van der Waals surface area contributed by atoms with E-state index in [9.17, 15) is 18.0 Å². The Hall–Kier alpha value is -0.980. The molecule has 16 heavy (non-hydrogen) atoms. The second-order valence-electron chi connectivity index (χ2n) is 3.83. The van der Waals surface area contributed by atoms with Crippen LogP contribution in [-0.2, 0) is 4.74 Å². The van der Waals surface area contributed by atoms with Gasteiger partial charge < -0.3 is 15.0 Å². The van der Waals surface area contributed by atoms with Crippen molar-refractivity contribution in [2.45, 2.75) is 12.6 Å². The van der Waals surface area contributed by atoms with Crippen molar-refractivity contribution in [2.75, 3.05) is 33.4 Å². The summed E-state index contributed by atoms with van der Waals surface area (Å²) >= 11 is 0. The van der Waals surface area contributed by atoms with E-state index in [4.69, 9.17) is 4.74 Å². The lowest BCUT2D eigenvalue weighted by molar-refractivity contribution is -0.123. The number of nitrogens with zero attached hydrogens (tertiary/aromatic N) is 1. The molecule has 94 valence electrons. The van der Waals surface area contributed by atoms with Gasteiger partial charge in [0.05, 0.1) is 6.61 Å². The van der Waals surface area contributed by atoms with Gasteiger partial charge in [-0.3, -0.25) is 0 Å². The van der Waals surface area contributed by atoms with Gasteiger partial charge in [-0.05, 0) is 6.42 Å². The van der Waals surface area contributed by atoms with Crippen molar-refractivity contribution in [2.24, 2.45) is 5.92 Å². The molecule has 1 N–H and O–H groups in total. The van der Waals surface area contributed by atoms with Gasteiger partial charge in [0.1, 0.15) is 6.54 Å². The SMILES string of the molecule is COCC1CCN(C(=O)NCC(F)(F)F)C1. The van der Waals surface area contributed by atoms with Gasteiger partial charge in [-0.2, -0.15) is 13.2 Å². The number of ether oxygens (including phenoxy) is 1. The largest absolute Gasteiger partial charge is 0.405 e. The third-order valence-corrected chi connectivity index (χ3v) is 2.42. The molecule has 0 saturated carbocycles. The number of methoxy groups -OCH3 is 1. The van der Waals surface area contributed by atoms with Gasteiger partial charge in [0, 0.05) is 26.1 Å². The van der Waals surface area contributed by atoms with E-state index in [2.05, 4.69) is 0 Å². The van der Waals surface area contributed by atoms with E-state index >= 15 is 0 Å². The number of urea groups is 1. The molecule has 0 radical (unpaired) electrons. The quantitative estimate of drug-likeness (QED) is 0.806. The monoisotopic (exact) mass is 240 g/mol.